The third-order valence-corrected chi connectivity index (χ3v) is 3.93. The van der Waals surface area contributed by atoms with Crippen molar-refractivity contribution in [1.29, 1.82) is 0 Å². The standard InChI is InChI=1S/C16H16BrN3O3/c1-10-8-12(6-7-13(10)17)19-16(22)20-18-9-11-4-3-5-14(23-2)15(11)21/h3-9,21H,1-2H3,(H2,19,20,22)/b18-9-. The molecule has 2 aromatic rings. The van der Waals surface area contributed by atoms with Crippen molar-refractivity contribution >= 4 is 33.9 Å². The lowest BCUT2D eigenvalue weighted by Gasteiger charge is -2.07. The number of halogens is 1. The Kier molecular flexibility index (Phi) is 5.59. The van der Waals surface area contributed by atoms with Gasteiger partial charge in [0.2, 0.25) is 0 Å². The Balaban J connectivity index is 1.97. The molecule has 3 N–H and O–H groups in total. The van der Waals surface area contributed by atoms with Crippen LogP contribution in [0.1, 0.15) is 11.1 Å². The molecule has 0 saturated carbocycles. The number of phenols is 1. The summed E-state index contributed by atoms with van der Waals surface area (Å²) in [5, 5.41) is 16.4. The highest BCUT2D eigenvalue weighted by molar-refractivity contribution is 9.10. The van der Waals surface area contributed by atoms with Gasteiger partial charge in [0.05, 0.1) is 13.3 Å². The molecule has 0 radical (unpaired) electrons. The van der Waals surface area contributed by atoms with Gasteiger partial charge in [0.25, 0.3) is 0 Å². The molecule has 0 atom stereocenters. The molecule has 0 spiro atoms. The van der Waals surface area contributed by atoms with Crippen molar-refractivity contribution < 1.29 is 14.6 Å². The summed E-state index contributed by atoms with van der Waals surface area (Å²) in [5.74, 6) is 0.299. The highest BCUT2D eigenvalue weighted by atomic mass is 79.9. The minimum Gasteiger partial charge on any atom is -0.504 e. The zero-order chi connectivity index (χ0) is 16.8. The van der Waals surface area contributed by atoms with E-state index in [0.29, 0.717) is 17.0 Å². The summed E-state index contributed by atoms with van der Waals surface area (Å²) < 4.78 is 5.97. The van der Waals surface area contributed by atoms with Gasteiger partial charge in [0.15, 0.2) is 11.5 Å². The number of urea groups is 1. The number of nitrogens with zero attached hydrogens (tertiary/aromatic N) is 1. The molecule has 120 valence electrons. The van der Waals surface area contributed by atoms with Crippen LogP contribution in [0.15, 0.2) is 46.0 Å². The Morgan fingerprint density at radius 2 is 2.13 bits per heavy atom. The third-order valence-electron chi connectivity index (χ3n) is 3.04. The minimum atomic E-state index is -0.481. The lowest BCUT2D eigenvalue weighted by molar-refractivity contribution is 0.252. The molecule has 0 aliphatic carbocycles. The number of carbonyl (C=O) groups excluding carboxylic acids is 1. The number of hydrazone groups is 1. The topological polar surface area (TPSA) is 83.0 Å². The normalized spacial score (nSPS) is 10.6. The monoisotopic (exact) mass is 377 g/mol. The van der Waals surface area contributed by atoms with Gasteiger partial charge in [-0.1, -0.05) is 22.0 Å². The predicted molar refractivity (Wildman–Crippen MR) is 93.3 cm³/mol. The van der Waals surface area contributed by atoms with E-state index in [2.05, 4.69) is 31.8 Å². The van der Waals surface area contributed by atoms with E-state index in [0.717, 1.165) is 10.0 Å². The molecule has 0 aromatic heterocycles. The SMILES string of the molecule is COc1cccc(/C=N\NC(=O)Nc2ccc(Br)c(C)c2)c1O. The van der Waals surface area contributed by atoms with Crippen LogP contribution in [0, 0.1) is 6.92 Å². The number of aryl methyl sites for hydroxylation is 1. The number of nitrogens with one attached hydrogen (secondary N) is 2. The first kappa shape index (κ1) is 16.8. The highest BCUT2D eigenvalue weighted by Crippen LogP contribution is 2.27. The number of methoxy groups -OCH3 is 1. The van der Waals surface area contributed by atoms with Crippen LogP contribution in [0.5, 0.6) is 11.5 Å². The fraction of sp³-hybridized carbons (Fsp3) is 0.125. The summed E-state index contributed by atoms with van der Waals surface area (Å²) in [4.78, 5) is 11.8. The van der Waals surface area contributed by atoms with Crippen LogP contribution < -0.4 is 15.5 Å². The summed E-state index contributed by atoms with van der Waals surface area (Å²) in [6.45, 7) is 1.93. The first-order valence-corrected chi connectivity index (χ1v) is 7.52. The molecule has 2 rings (SSSR count). The summed E-state index contributed by atoms with van der Waals surface area (Å²) >= 11 is 3.40. The molecule has 0 fully saturated rings. The van der Waals surface area contributed by atoms with E-state index >= 15 is 0 Å². The molecule has 2 aromatic carbocycles. The Hall–Kier alpha value is -2.54. The van der Waals surface area contributed by atoms with Gasteiger partial charge in [0, 0.05) is 15.7 Å². The summed E-state index contributed by atoms with van der Waals surface area (Å²) in [7, 11) is 1.46. The summed E-state index contributed by atoms with van der Waals surface area (Å²) in [6.07, 6.45) is 1.34. The van der Waals surface area contributed by atoms with Gasteiger partial charge in [-0.05, 0) is 42.8 Å². The number of phenolic OH excluding ortho intramolecular Hbond substituents is 1. The van der Waals surface area contributed by atoms with E-state index in [1.165, 1.54) is 13.3 Å². The Morgan fingerprint density at radius 1 is 1.35 bits per heavy atom. The summed E-state index contributed by atoms with van der Waals surface area (Å²) in [6, 6.07) is 9.97. The zero-order valence-corrected chi connectivity index (χ0v) is 14.2. The number of rotatable bonds is 4. The summed E-state index contributed by atoms with van der Waals surface area (Å²) in [5.41, 5.74) is 4.43. The van der Waals surface area contributed by atoms with Gasteiger partial charge in [-0.15, -0.1) is 0 Å². The maximum atomic E-state index is 11.8. The molecule has 7 heteroatoms. The van der Waals surface area contributed by atoms with Gasteiger partial charge in [0.1, 0.15) is 0 Å². The smallest absolute Gasteiger partial charge is 0.339 e. The molecule has 0 heterocycles. The molecular weight excluding hydrogens is 362 g/mol. The molecule has 0 aliphatic heterocycles. The number of hydrogen-bond acceptors (Lipinski definition) is 4. The molecule has 23 heavy (non-hydrogen) atoms. The Bertz CT molecular complexity index is 747. The average molecular weight is 378 g/mol. The number of hydrogen-bond donors (Lipinski definition) is 3. The fourth-order valence-electron chi connectivity index (χ4n) is 1.85. The minimum absolute atomic E-state index is 0.0375. The second kappa shape index (κ2) is 7.64. The number of anilines is 1. The Morgan fingerprint density at radius 3 is 2.83 bits per heavy atom. The number of carbonyl (C=O) groups is 1. The third kappa shape index (κ3) is 4.46. The zero-order valence-electron chi connectivity index (χ0n) is 12.6. The van der Waals surface area contributed by atoms with Crippen molar-refractivity contribution in [2.75, 3.05) is 12.4 Å². The van der Waals surface area contributed by atoms with E-state index in [1.54, 1.807) is 24.3 Å². The molecule has 0 saturated heterocycles. The van der Waals surface area contributed by atoms with Crippen LogP contribution in [0.2, 0.25) is 0 Å². The van der Waals surface area contributed by atoms with Crippen LogP contribution in [0.4, 0.5) is 10.5 Å². The molecule has 0 aliphatic rings. The van der Waals surface area contributed by atoms with Gasteiger partial charge < -0.3 is 15.2 Å². The van der Waals surface area contributed by atoms with Crippen molar-refractivity contribution in [3.05, 3.63) is 52.0 Å². The predicted octanol–water partition coefficient (Wildman–Crippen LogP) is 3.63. The maximum Gasteiger partial charge on any atom is 0.339 e. The molecule has 0 bridgehead atoms. The van der Waals surface area contributed by atoms with E-state index in [-0.39, 0.29) is 5.75 Å². The van der Waals surface area contributed by atoms with Crippen molar-refractivity contribution in [2.45, 2.75) is 6.92 Å². The van der Waals surface area contributed by atoms with Crippen LogP contribution in [-0.2, 0) is 0 Å². The quantitative estimate of drug-likeness (QED) is 0.561. The van der Waals surface area contributed by atoms with E-state index in [1.807, 2.05) is 19.1 Å². The number of ether oxygens (including phenoxy) is 1. The van der Waals surface area contributed by atoms with Gasteiger partial charge in [-0.3, -0.25) is 0 Å². The number of benzene rings is 2. The second-order valence-corrected chi connectivity index (χ2v) is 5.54. The van der Waals surface area contributed by atoms with Crippen molar-refractivity contribution in [3.8, 4) is 11.5 Å². The number of amides is 2. The largest absolute Gasteiger partial charge is 0.504 e. The molecule has 2 amide bonds. The van der Waals surface area contributed by atoms with Crippen LogP contribution in [0.3, 0.4) is 0 Å². The van der Waals surface area contributed by atoms with Gasteiger partial charge in [-0.25, -0.2) is 10.2 Å². The second-order valence-electron chi connectivity index (χ2n) is 4.69. The molecule has 0 unspecified atom stereocenters. The first-order valence-electron chi connectivity index (χ1n) is 6.73. The van der Waals surface area contributed by atoms with Crippen LogP contribution >= 0.6 is 15.9 Å². The molecule has 6 nitrogen and oxygen atoms in total. The van der Waals surface area contributed by atoms with Crippen molar-refractivity contribution in [3.63, 3.8) is 0 Å². The van der Waals surface area contributed by atoms with Crippen LogP contribution in [0.25, 0.3) is 0 Å². The fourth-order valence-corrected chi connectivity index (χ4v) is 2.10. The number of para-hydroxylation sites is 1. The van der Waals surface area contributed by atoms with Gasteiger partial charge >= 0.3 is 6.03 Å². The highest BCUT2D eigenvalue weighted by Gasteiger charge is 2.05. The van der Waals surface area contributed by atoms with E-state index < -0.39 is 6.03 Å². The number of aromatic hydroxyl groups is 1. The first-order chi connectivity index (χ1) is 11.0. The van der Waals surface area contributed by atoms with Crippen molar-refractivity contribution in [1.82, 2.24) is 5.43 Å². The van der Waals surface area contributed by atoms with E-state index in [4.69, 9.17) is 4.74 Å². The lowest BCUT2D eigenvalue weighted by Crippen LogP contribution is -2.24. The molecular formula is C16H16BrN3O3. The van der Waals surface area contributed by atoms with Crippen molar-refractivity contribution in [2.24, 2.45) is 5.10 Å². The average Bonchev–Trinajstić information content (AvgIpc) is 2.52. The lowest BCUT2D eigenvalue weighted by atomic mass is 10.2. The van der Waals surface area contributed by atoms with Gasteiger partial charge in [-0.2, -0.15) is 5.10 Å². The Labute approximate surface area is 142 Å². The van der Waals surface area contributed by atoms with E-state index in [9.17, 15) is 9.90 Å². The van der Waals surface area contributed by atoms with Crippen LogP contribution in [-0.4, -0.2) is 24.5 Å². The maximum absolute atomic E-state index is 11.8.